The number of rotatable bonds is 7. The molecule has 7 heteroatoms. The molecule has 1 aromatic rings. The van der Waals surface area contributed by atoms with E-state index in [-0.39, 0.29) is 11.8 Å². The Hall–Kier alpha value is -1.44. The van der Waals surface area contributed by atoms with Gasteiger partial charge in [0.25, 0.3) is 0 Å². The van der Waals surface area contributed by atoms with E-state index in [2.05, 4.69) is 12.2 Å². The van der Waals surface area contributed by atoms with E-state index in [1.807, 2.05) is 26.1 Å². The van der Waals surface area contributed by atoms with Gasteiger partial charge in [-0.3, -0.25) is 4.79 Å². The molecular formula is C18H29N3O3S. The Labute approximate surface area is 151 Å². The first-order chi connectivity index (χ1) is 11.9. The lowest BCUT2D eigenvalue weighted by molar-refractivity contribution is -0.136. The zero-order valence-corrected chi connectivity index (χ0v) is 16.2. The number of nitrogens with one attached hydrogen (secondary N) is 1. The normalized spacial score (nSPS) is 17.5. The van der Waals surface area contributed by atoms with Crippen molar-refractivity contribution in [3.63, 3.8) is 0 Å². The first kappa shape index (κ1) is 19.9. The summed E-state index contributed by atoms with van der Waals surface area (Å²) in [5, 5.41) is 3.00. The van der Waals surface area contributed by atoms with E-state index >= 15 is 0 Å². The molecule has 1 aromatic carbocycles. The van der Waals surface area contributed by atoms with Gasteiger partial charge in [0.1, 0.15) is 0 Å². The average Bonchev–Trinajstić information content (AvgIpc) is 2.62. The number of sulfonamides is 1. The third kappa shape index (κ3) is 4.80. The average molecular weight is 368 g/mol. The van der Waals surface area contributed by atoms with Gasteiger partial charge in [-0.05, 0) is 31.2 Å². The highest BCUT2D eigenvalue weighted by molar-refractivity contribution is 7.89. The first-order valence-corrected chi connectivity index (χ1v) is 10.4. The number of carbonyl (C=O) groups excluding carboxylic acids is 1. The minimum Gasteiger partial charge on any atom is -0.340 e. The molecule has 1 unspecified atom stereocenters. The summed E-state index contributed by atoms with van der Waals surface area (Å²) in [5.41, 5.74) is 1.15. The lowest BCUT2D eigenvalue weighted by Crippen LogP contribution is -2.52. The summed E-state index contributed by atoms with van der Waals surface area (Å²) >= 11 is 0. The highest BCUT2D eigenvalue weighted by atomic mass is 32.2. The van der Waals surface area contributed by atoms with Crippen LogP contribution < -0.4 is 5.32 Å². The standard InChI is InChI=1S/C18H29N3O3S/c1-4-5-16-6-8-17(9-7-16)25(23,24)21-12-10-20(11-13-21)18(22)15(2)14-19-3/h6-9,15,19H,4-5,10-14H2,1-3H3. The molecule has 1 saturated heterocycles. The molecule has 140 valence electrons. The fourth-order valence-electron chi connectivity index (χ4n) is 3.12. The number of amides is 1. The van der Waals surface area contributed by atoms with Crippen molar-refractivity contribution in [2.24, 2.45) is 5.92 Å². The molecule has 25 heavy (non-hydrogen) atoms. The summed E-state index contributed by atoms with van der Waals surface area (Å²) < 4.78 is 27.0. The quantitative estimate of drug-likeness (QED) is 0.789. The van der Waals surface area contributed by atoms with Crippen LogP contribution in [0.25, 0.3) is 0 Å². The smallest absolute Gasteiger partial charge is 0.243 e. The lowest BCUT2D eigenvalue weighted by atomic mass is 10.1. The van der Waals surface area contributed by atoms with Crippen LogP contribution in [0.5, 0.6) is 0 Å². The number of benzene rings is 1. The Bertz CT molecular complexity index is 665. The van der Waals surface area contributed by atoms with Crippen molar-refractivity contribution >= 4 is 15.9 Å². The van der Waals surface area contributed by atoms with Gasteiger partial charge in [0.2, 0.25) is 15.9 Å². The van der Waals surface area contributed by atoms with Crippen LogP contribution in [0.15, 0.2) is 29.2 Å². The predicted octanol–water partition coefficient (Wildman–Crippen LogP) is 1.33. The zero-order chi connectivity index (χ0) is 18.4. The first-order valence-electron chi connectivity index (χ1n) is 8.92. The van der Waals surface area contributed by atoms with Gasteiger partial charge >= 0.3 is 0 Å². The Morgan fingerprint density at radius 2 is 1.76 bits per heavy atom. The highest BCUT2D eigenvalue weighted by Crippen LogP contribution is 2.19. The van der Waals surface area contributed by atoms with Crippen molar-refractivity contribution in [2.45, 2.75) is 31.6 Å². The topological polar surface area (TPSA) is 69.7 Å². The van der Waals surface area contributed by atoms with Crippen molar-refractivity contribution in [1.82, 2.24) is 14.5 Å². The summed E-state index contributed by atoms with van der Waals surface area (Å²) in [6.07, 6.45) is 1.99. The third-order valence-electron chi connectivity index (χ3n) is 4.58. The molecule has 0 saturated carbocycles. The van der Waals surface area contributed by atoms with Crippen molar-refractivity contribution in [3.8, 4) is 0 Å². The van der Waals surface area contributed by atoms with E-state index in [1.165, 1.54) is 4.31 Å². The van der Waals surface area contributed by atoms with Gasteiger partial charge in [-0.25, -0.2) is 8.42 Å². The molecule has 1 amide bonds. The highest BCUT2D eigenvalue weighted by Gasteiger charge is 2.31. The van der Waals surface area contributed by atoms with E-state index in [9.17, 15) is 13.2 Å². The van der Waals surface area contributed by atoms with Gasteiger partial charge in [0.15, 0.2) is 0 Å². The molecule has 0 radical (unpaired) electrons. The Morgan fingerprint density at radius 1 is 1.16 bits per heavy atom. The number of nitrogens with zero attached hydrogens (tertiary/aromatic N) is 2. The lowest BCUT2D eigenvalue weighted by Gasteiger charge is -2.35. The number of piperazine rings is 1. The molecule has 2 rings (SSSR count). The van der Waals surface area contributed by atoms with Crippen molar-refractivity contribution < 1.29 is 13.2 Å². The van der Waals surface area contributed by atoms with Crippen molar-refractivity contribution in [2.75, 3.05) is 39.8 Å². The zero-order valence-electron chi connectivity index (χ0n) is 15.4. The second-order valence-corrected chi connectivity index (χ2v) is 8.52. The fourth-order valence-corrected chi connectivity index (χ4v) is 4.54. The van der Waals surface area contributed by atoms with E-state index in [0.717, 1.165) is 18.4 Å². The second kappa shape index (κ2) is 8.78. The molecular weight excluding hydrogens is 338 g/mol. The molecule has 6 nitrogen and oxygen atoms in total. The van der Waals surface area contributed by atoms with Gasteiger partial charge in [-0.15, -0.1) is 0 Å². The van der Waals surface area contributed by atoms with Crippen LogP contribution in [0.2, 0.25) is 0 Å². The van der Waals surface area contributed by atoms with Gasteiger partial charge in [0.05, 0.1) is 4.90 Å². The van der Waals surface area contributed by atoms with E-state index < -0.39 is 10.0 Å². The second-order valence-electron chi connectivity index (χ2n) is 6.58. The Kier molecular flexibility index (Phi) is 6.98. The summed E-state index contributed by atoms with van der Waals surface area (Å²) in [5.74, 6) is -0.0189. The summed E-state index contributed by atoms with van der Waals surface area (Å²) in [6.45, 7) is 6.19. The maximum atomic E-state index is 12.8. The van der Waals surface area contributed by atoms with E-state index in [0.29, 0.717) is 37.6 Å². The predicted molar refractivity (Wildman–Crippen MR) is 98.9 cm³/mol. The molecule has 1 N–H and O–H groups in total. The third-order valence-corrected chi connectivity index (χ3v) is 6.49. The maximum absolute atomic E-state index is 12.8. The Balaban J connectivity index is 2.00. The molecule has 0 spiro atoms. The van der Waals surface area contributed by atoms with E-state index in [4.69, 9.17) is 0 Å². The molecule has 0 bridgehead atoms. The molecule has 1 fully saturated rings. The van der Waals surface area contributed by atoms with Gasteiger partial charge in [0, 0.05) is 38.6 Å². The molecule has 1 aliphatic rings. The molecule has 1 atom stereocenters. The van der Waals surface area contributed by atoms with Gasteiger partial charge in [-0.2, -0.15) is 4.31 Å². The largest absolute Gasteiger partial charge is 0.340 e. The van der Waals surface area contributed by atoms with Crippen LogP contribution in [-0.2, 0) is 21.2 Å². The molecule has 1 heterocycles. The minimum absolute atomic E-state index is 0.0790. The van der Waals surface area contributed by atoms with Crippen LogP contribution in [-0.4, -0.2) is 63.3 Å². The van der Waals surface area contributed by atoms with Crippen molar-refractivity contribution in [3.05, 3.63) is 29.8 Å². The van der Waals surface area contributed by atoms with Crippen LogP contribution >= 0.6 is 0 Å². The SMILES string of the molecule is CCCc1ccc(S(=O)(=O)N2CCN(C(=O)C(C)CNC)CC2)cc1. The van der Waals surface area contributed by atoms with Crippen molar-refractivity contribution in [1.29, 1.82) is 0 Å². The summed E-state index contributed by atoms with van der Waals surface area (Å²) in [7, 11) is -1.67. The molecule has 0 aliphatic carbocycles. The number of hydrogen-bond acceptors (Lipinski definition) is 4. The summed E-state index contributed by atoms with van der Waals surface area (Å²) in [6, 6.07) is 7.14. The Morgan fingerprint density at radius 3 is 2.28 bits per heavy atom. The van der Waals surface area contributed by atoms with Crippen LogP contribution in [0, 0.1) is 5.92 Å². The van der Waals surface area contributed by atoms with Crippen LogP contribution in [0.1, 0.15) is 25.8 Å². The van der Waals surface area contributed by atoms with Gasteiger partial charge in [-0.1, -0.05) is 32.4 Å². The number of carbonyl (C=O) groups is 1. The molecule has 0 aromatic heterocycles. The maximum Gasteiger partial charge on any atom is 0.243 e. The van der Waals surface area contributed by atoms with Crippen LogP contribution in [0.4, 0.5) is 0 Å². The molecule has 1 aliphatic heterocycles. The summed E-state index contributed by atoms with van der Waals surface area (Å²) in [4.78, 5) is 14.4. The van der Waals surface area contributed by atoms with Gasteiger partial charge < -0.3 is 10.2 Å². The minimum atomic E-state index is -3.49. The van der Waals surface area contributed by atoms with Crippen LogP contribution in [0.3, 0.4) is 0 Å². The monoisotopic (exact) mass is 367 g/mol. The number of hydrogen-bond donors (Lipinski definition) is 1. The van der Waals surface area contributed by atoms with E-state index in [1.54, 1.807) is 17.0 Å². The number of aryl methyl sites for hydroxylation is 1. The fraction of sp³-hybridized carbons (Fsp3) is 0.611.